The van der Waals surface area contributed by atoms with Gasteiger partial charge < -0.3 is 5.11 Å². The molecule has 2 rings (SSSR count). The second kappa shape index (κ2) is 4.55. The summed E-state index contributed by atoms with van der Waals surface area (Å²) < 4.78 is 14.7. The molecule has 0 aliphatic carbocycles. The lowest BCUT2D eigenvalue weighted by Gasteiger charge is -2.02. The SMILES string of the molecule is Cc1[nH]n(-c2ccccc2F)c(=O)c1CCO. The molecular weight excluding hydrogens is 223 g/mol. The fraction of sp³-hybridized carbons (Fsp3) is 0.250. The smallest absolute Gasteiger partial charge is 0.274 e. The molecule has 17 heavy (non-hydrogen) atoms. The topological polar surface area (TPSA) is 58.0 Å². The third-order valence-corrected chi connectivity index (χ3v) is 2.65. The Labute approximate surface area is 97.3 Å². The van der Waals surface area contributed by atoms with Crippen LogP contribution in [0.4, 0.5) is 4.39 Å². The van der Waals surface area contributed by atoms with Crippen LogP contribution < -0.4 is 5.56 Å². The summed E-state index contributed by atoms with van der Waals surface area (Å²) in [5, 5.41) is 11.7. The van der Waals surface area contributed by atoms with Crippen LogP contribution in [0.3, 0.4) is 0 Å². The Balaban J connectivity index is 2.58. The van der Waals surface area contributed by atoms with Crippen LogP contribution in [0, 0.1) is 12.7 Å². The summed E-state index contributed by atoms with van der Waals surface area (Å²) in [7, 11) is 0. The van der Waals surface area contributed by atoms with Gasteiger partial charge in [-0.15, -0.1) is 0 Å². The van der Waals surface area contributed by atoms with Gasteiger partial charge in [0.15, 0.2) is 0 Å². The first-order chi connectivity index (χ1) is 8.15. The van der Waals surface area contributed by atoms with E-state index in [0.29, 0.717) is 11.3 Å². The number of hydrogen-bond acceptors (Lipinski definition) is 2. The summed E-state index contributed by atoms with van der Waals surface area (Å²) in [6, 6.07) is 6.04. The molecule has 2 aromatic rings. The maximum atomic E-state index is 13.6. The highest BCUT2D eigenvalue weighted by atomic mass is 19.1. The molecule has 90 valence electrons. The van der Waals surface area contributed by atoms with Gasteiger partial charge in [-0.1, -0.05) is 12.1 Å². The maximum absolute atomic E-state index is 13.6. The average Bonchev–Trinajstić information content (AvgIpc) is 2.58. The summed E-state index contributed by atoms with van der Waals surface area (Å²) in [5.74, 6) is -0.466. The molecule has 0 aliphatic heterocycles. The van der Waals surface area contributed by atoms with Crippen LogP contribution in [0.5, 0.6) is 0 Å². The van der Waals surface area contributed by atoms with E-state index in [1.54, 1.807) is 19.1 Å². The van der Waals surface area contributed by atoms with E-state index in [4.69, 9.17) is 5.11 Å². The van der Waals surface area contributed by atoms with Gasteiger partial charge >= 0.3 is 0 Å². The van der Waals surface area contributed by atoms with Crippen LogP contribution in [-0.4, -0.2) is 21.5 Å². The molecule has 0 atom stereocenters. The molecule has 0 unspecified atom stereocenters. The number of aryl methyl sites for hydroxylation is 1. The van der Waals surface area contributed by atoms with E-state index >= 15 is 0 Å². The van der Waals surface area contributed by atoms with Crippen LogP contribution in [0.15, 0.2) is 29.1 Å². The number of H-pyrrole nitrogens is 1. The Morgan fingerprint density at radius 1 is 1.41 bits per heavy atom. The van der Waals surface area contributed by atoms with Gasteiger partial charge in [-0.2, -0.15) is 0 Å². The van der Waals surface area contributed by atoms with Crippen molar-refractivity contribution in [1.29, 1.82) is 0 Å². The number of aromatic nitrogens is 2. The molecule has 1 heterocycles. The van der Waals surface area contributed by atoms with Gasteiger partial charge in [0.25, 0.3) is 5.56 Å². The van der Waals surface area contributed by atoms with E-state index in [9.17, 15) is 9.18 Å². The Kier molecular flexibility index (Phi) is 3.10. The molecule has 1 aromatic heterocycles. The number of hydrogen-bond donors (Lipinski definition) is 2. The van der Waals surface area contributed by atoms with Crippen molar-refractivity contribution in [3.05, 3.63) is 51.7 Å². The van der Waals surface area contributed by atoms with Gasteiger partial charge in [-0.05, 0) is 19.1 Å². The summed E-state index contributed by atoms with van der Waals surface area (Å²) >= 11 is 0. The number of aromatic amines is 1. The third kappa shape index (κ3) is 2.01. The number of aliphatic hydroxyl groups is 1. The van der Waals surface area contributed by atoms with E-state index in [-0.39, 0.29) is 24.3 Å². The van der Waals surface area contributed by atoms with Crippen molar-refractivity contribution in [2.75, 3.05) is 6.61 Å². The van der Waals surface area contributed by atoms with Gasteiger partial charge in [0, 0.05) is 24.3 Å². The predicted octanol–water partition coefficient (Wildman–Crippen LogP) is 1.15. The zero-order valence-electron chi connectivity index (χ0n) is 9.40. The molecule has 0 amide bonds. The molecule has 5 heteroatoms. The normalized spacial score (nSPS) is 10.8. The van der Waals surface area contributed by atoms with Crippen LogP contribution >= 0.6 is 0 Å². The summed E-state index contributed by atoms with van der Waals surface area (Å²) in [6.45, 7) is 1.62. The molecule has 0 radical (unpaired) electrons. The number of benzene rings is 1. The van der Waals surface area contributed by atoms with Crippen LogP contribution in [0.2, 0.25) is 0 Å². The minimum absolute atomic E-state index is 0.106. The Hall–Kier alpha value is -1.88. The lowest BCUT2D eigenvalue weighted by Crippen LogP contribution is -2.19. The minimum Gasteiger partial charge on any atom is -0.396 e. The quantitative estimate of drug-likeness (QED) is 0.839. The highest BCUT2D eigenvalue weighted by Gasteiger charge is 2.13. The lowest BCUT2D eigenvalue weighted by atomic mass is 10.2. The van der Waals surface area contributed by atoms with Crippen molar-refractivity contribution in [3.63, 3.8) is 0 Å². The average molecular weight is 236 g/mol. The van der Waals surface area contributed by atoms with Gasteiger partial charge in [-0.3, -0.25) is 9.89 Å². The molecule has 2 N–H and O–H groups in total. The molecule has 0 aliphatic rings. The lowest BCUT2D eigenvalue weighted by molar-refractivity contribution is 0.299. The number of nitrogens with one attached hydrogen (secondary N) is 1. The largest absolute Gasteiger partial charge is 0.396 e. The van der Waals surface area contributed by atoms with Crippen LogP contribution in [0.1, 0.15) is 11.3 Å². The zero-order valence-corrected chi connectivity index (χ0v) is 9.40. The zero-order chi connectivity index (χ0) is 12.4. The summed E-state index contributed by atoms with van der Waals surface area (Å²) in [5.41, 5.74) is 0.995. The predicted molar refractivity (Wildman–Crippen MR) is 61.9 cm³/mol. The molecule has 0 saturated heterocycles. The van der Waals surface area contributed by atoms with Crippen LogP contribution in [-0.2, 0) is 6.42 Å². The minimum atomic E-state index is -0.466. The van der Waals surface area contributed by atoms with Crippen molar-refractivity contribution in [2.24, 2.45) is 0 Å². The van der Waals surface area contributed by atoms with Crippen LogP contribution in [0.25, 0.3) is 5.69 Å². The third-order valence-electron chi connectivity index (χ3n) is 2.65. The Morgan fingerprint density at radius 3 is 2.76 bits per heavy atom. The van der Waals surface area contributed by atoms with E-state index in [1.807, 2.05) is 0 Å². The second-order valence-electron chi connectivity index (χ2n) is 3.78. The molecule has 0 saturated carbocycles. The molecular formula is C12H13FN2O2. The van der Waals surface area contributed by atoms with E-state index in [0.717, 1.165) is 4.68 Å². The molecule has 0 bridgehead atoms. The number of nitrogens with zero attached hydrogens (tertiary/aromatic N) is 1. The summed E-state index contributed by atoms with van der Waals surface area (Å²) in [6.07, 6.45) is 0.266. The fourth-order valence-corrected chi connectivity index (χ4v) is 1.79. The highest BCUT2D eigenvalue weighted by Crippen LogP contribution is 2.11. The monoisotopic (exact) mass is 236 g/mol. The number of rotatable bonds is 3. The van der Waals surface area contributed by atoms with Gasteiger partial charge in [0.1, 0.15) is 11.5 Å². The molecule has 0 fully saturated rings. The van der Waals surface area contributed by atoms with Crippen molar-refractivity contribution >= 4 is 0 Å². The number of halogens is 1. The van der Waals surface area contributed by atoms with E-state index < -0.39 is 5.82 Å². The molecule has 4 nitrogen and oxygen atoms in total. The standard InChI is InChI=1S/C12H13FN2O2/c1-8-9(6-7-16)12(17)15(14-8)11-5-3-2-4-10(11)13/h2-5,14,16H,6-7H2,1H3. The summed E-state index contributed by atoms with van der Waals surface area (Å²) in [4.78, 5) is 12.0. The Bertz CT molecular complexity index is 586. The number of para-hydroxylation sites is 1. The number of aliphatic hydroxyl groups excluding tert-OH is 1. The van der Waals surface area contributed by atoms with Gasteiger partial charge in [-0.25, -0.2) is 9.07 Å². The van der Waals surface area contributed by atoms with E-state index in [2.05, 4.69) is 5.10 Å². The highest BCUT2D eigenvalue weighted by molar-refractivity contribution is 5.34. The second-order valence-corrected chi connectivity index (χ2v) is 3.78. The van der Waals surface area contributed by atoms with Gasteiger partial charge in [0.05, 0.1) is 0 Å². The fourth-order valence-electron chi connectivity index (χ4n) is 1.79. The van der Waals surface area contributed by atoms with Crippen molar-refractivity contribution < 1.29 is 9.50 Å². The molecule has 0 spiro atoms. The first-order valence-electron chi connectivity index (χ1n) is 5.31. The maximum Gasteiger partial charge on any atom is 0.274 e. The first kappa shape index (κ1) is 11.6. The molecule has 1 aromatic carbocycles. The van der Waals surface area contributed by atoms with Gasteiger partial charge in [0.2, 0.25) is 0 Å². The first-order valence-corrected chi connectivity index (χ1v) is 5.31. The van der Waals surface area contributed by atoms with Crippen molar-refractivity contribution in [1.82, 2.24) is 9.78 Å². The van der Waals surface area contributed by atoms with E-state index in [1.165, 1.54) is 12.1 Å². The van der Waals surface area contributed by atoms with Crippen molar-refractivity contribution in [3.8, 4) is 5.69 Å². The van der Waals surface area contributed by atoms with Crippen molar-refractivity contribution in [2.45, 2.75) is 13.3 Å². The Morgan fingerprint density at radius 2 is 2.12 bits per heavy atom.